The van der Waals surface area contributed by atoms with Crippen LogP contribution in [0, 0.1) is 0 Å². The van der Waals surface area contributed by atoms with Crippen LogP contribution in [0.3, 0.4) is 0 Å². The van der Waals surface area contributed by atoms with Gasteiger partial charge in [0.05, 0.1) is 11.0 Å². The molecule has 0 saturated carbocycles. The summed E-state index contributed by atoms with van der Waals surface area (Å²) in [6.07, 6.45) is 0. The third-order valence-electron chi connectivity index (χ3n) is 13.5. The van der Waals surface area contributed by atoms with Crippen molar-refractivity contribution in [2.45, 2.75) is 0 Å². The van der Waals surface area contributed by atoms with Crippen LogP contribution in [-0.2, 0) is 0 Å². The summed E-state index contributed by atoms with van der Waals surface area (Å²) in [7, 11) is 0. The molecule has 0 aliphatic rings. The van der Waals surface area contributed by atoms with E-state index in [1.165, 1.54) is 53.1 Å². The van der Waals surface area contributed by atoms with Gasteiger partial charge in [0.25, 0.3) is 0 Å². The van der Waals surface area contributed by atoms with Crippen LogP contribution in [0.15, 0.2) is 235 Å². The van der Waals surface area contributed by atoms with Crippen molar-refractivity contribution in [3.05, 3.63) is 231 Å². The molecule has 14 rings (SSSR count). The Balaban J connectivity index is 0.849. The number of thiophene rings is 1. The highest BCUT2D eigenvalue weighted by Crippen LogP contribution is 2.41. The Kier molecular flexibility index (Phi) is 9.00. The molecule has 4 heterocycles. The van der Waals surface area contributed by atoms with Crippen LogP contribution < -0.4 is 0 Å². The molecule has 0 spiro atoms. The Hall–Kier alpha value is -8.97. The molecule has 0 radical (unpaired) electrons. The first kappa shape index (κ1) is 39.2. The van der Waals surface area contributed by atoms with Crippen molar-refractivity contribution < 1.29 is 4.42 Å². The number of benzene rings is 10. The van der Waals surface area contributed by atoms with E-state index in [0.717, 1.165) is 66.6 Å². The van der Waals surface area contributed by atoms with E-state index in [4.69, 9.17) is 19.4 Å². The largest absolute Gasteiger partial charge is 0.456 e. The predicted octanol–water partition coefficient (Wildman–Crippen LogP) is 17.2. The average Bonchev–Trinajstić information content (AvgIpc) is 4.10. The molecule has 69 heavy (non-hydrogen) atoms. The lowest BCUT2D eigenvalue weighted by Crippen LogP contribution is -2.00. The first-order valence-electron chi connectivity index (χ1n) is 23.2. The summed E-state index contributed by atoms with van der Waals surface area (Å²) in [4.78, 5) is 15.5. The minimum atomic E-state index is 0.594. The third kappa shape index (κ3) is 6.64. The number of fused-ring (bicyclic) bond motifs is 9. The van der Waals surface area contributed by atoms with E-state index in [1.807, 2.05) is 42.5 Å². The maximum absolute atomic E-state index is 6.56. The number of hydrogen-bond acceptors (Lipinski definition) is 5. The van der Waals surface area contributed by atoms with E-state index < -0.39 is 0 Å². The average molecular weight is 899 g/mol. The van der Waals surface area contributed by atoms with Crippen molar-refractivity contribution in [2.75, 3.05) is 0 Å². The lowest BCUT2D eigenvalue weighted by molar-refractivity contribution is 0.669. The van der Waals surface area contributed by atoms with Gasteiger partial charge < -0.3 is 8.98 Å². The highest BCUT2D eigenvalue weighted by molar-refractivity contribution is 7.25. The highest BCUT2D eigenvalue weighted by Gasteiger charge is 2.20. The zero-order valence-corrected chi connectivity index (χ0v) is 37.9. The molecule has 6 heteroatoms. The number of hydrogen-bond donors (Lipinski definition) is 0. The van der Waals surface area contributed by atoms with Crippen LogP contribution in [0.25, 0.3) is 137 Å². The van der Waals surface area contributed by atoms with E-state index in [0.29, 0.717) is 17.5 Å². The van der Waals surface area contributed by atoms with Gasteiger partial charge in [-0.3, -0.25) is 0 Å². The number of nitrogens with zero attached hydrogens (tertiary/aromatic N) is 4. The number of furan rings is 1. The standard InChI is InChI=1S/C63H38N4OS/c1-3-14-39(15-4-1)61-64-62(46-28-31-50-49-23-8-10-27-58(49)69-59(50)38-46)66-63(65-61)51-24-13-26-57-60(51)53-37-45(30-33-56(53)68-57)43-19-12-17-41(35-43)40-16-11-18-42(34-40)44-29-32-55-52(36-44)48-22-7-9-25-54(48)67(55)47-20-5-2-6-21-47/h1-38H. The normalized spacial score (nSPS) is 11.8. The second-order valence-corrected chi connectivity index (χ2v) is 18.6. The third-order valence-corrected chi connectivity index (χ3v) is 14.6. The van der Waals surface area contributed by atoms with Crippen LogP contribution >= 0.6 is 11.3 Å². The summed E-state index contributed by atoms with van der Waals surface area (Å²) in [5.41, 5.74) is 14.8. The smallest absolute Gasteiger partial charge is 0.164 e. The molecular weight excluding hydrogens is 861 g/mol. The van der Waals surface area contributed by atoms with E-state index in [1.54, 1.807) is 11.3 Å². The van der Waals surface area contributed by atoms with Crippen LogP contribution in [0.1, 0.15) is 0 Å². The van der Waals surface area contributed by atoms with Gasteiger partial charge in [0, 0.05) is 64.1 Å². The summed E-state index contributed by atoms with van der Waals surface area (Å²) in [6, 6.07) is 81.8. The fourth-order valence-electron chi connectivity index (χ4n) is 10.2. The molecule has 0 atom stereocenters. The molecular formula is C63H38N4OS. The van der Waals surface area contributed by atoms with Crippen molar-refractivity contribution in [1.82, 2.24) is 19.5 Å². The number of aromatic nitrogens is 4. The summed E-state index contributed by atoms with van der Waals surface area (Å²) >= 11 is 1.79. The zero-order chi connectivity index (χ0) is 45.4. The van der Waals surface area contributed by atoms with Gasteiger partial charge in [-0.2, -0.15) is 0 Å². The topological polar surface area (TPSA) is 56.7 Å². The molecule has 322 valence electrons. The van der Waals surface area contributed by atoms with Crippen molar-refractivity contribution >= 4 is 75.3 Å². The van der Waals surface area contributed by atoms with Gasteiger partial charge in [-0.15, -0.1) is 11.3 Å². The molecule has 0 fully saturated rings. The van der Waals surface area contributed by atoms with Gasteiger partial charge in [-0.25, -0.2) is 15.0 Å². The van der Waals surface area contributed by atoms with Crippen molar-refractivity contribution in [2.24, 2.45) is 0 Å². The van der Waals surface area contributed by atoms with E-state index in [9.17, 15) is 0 Å². The molecule has 0 N–H and O–H groups in total. The lowest BCUT2D eigenvalue weighted by Gasteiger charge is -2.10. The van der Waals surface area contributed by atoms with Crippen LogP contribution in [0.4, 0.5) is 0 Å². The van der Waals surface area contributed by atoms with Gasteiger partial charge in [0.15, 0.2) is 17.5 Å². The molecule has 0 aliphatic heterocycles. The molecule has 5 nitrogen and oxygen atoms in total. The maximum Gasteiger partial charge on any atom is 0.164 e. The van der Waals surface area contributed by atoms with Crippen molar-refractivity contribution in [3.63, 3.8) is 0 Å². The van der Waals surface area contributed by atoms with Crippen molar-refractivity contribution in [1.29, 1.82) is 0 Å². The van der Waals surface area contributed by atoms with Crippen LogP contribution in [0.2, 0.25) is 0 Å². The molecule has 4 aromatic heterocycles. The summed E-state index contributed by atoms with van der Waals surface area (Å²) in [5, 5.41) is 6.95. The molecule has 0 amide bonds. The Morgan fingerprint density at radius 1 is 0.319 bits per heavy atom. The molecule has 0 aliphatic carbocycles. The predicted molar refractivity (Wildman–Crippen MR) is 287 cm³/mol. The Morgan fingerprint density at radius 2 is 0.870 bits per heavy atom. The van der Waals surface area contributed by atoms with E-state index >= 15 is 0 Å². The first-order chi connectivity index (χ1) is 34.2. The zero-order valence-electron chi connectivity index (χ0n) is 37.0. The fraction of sp³-hybridized carbons (Fsp3) is 0. The van der Waals surface area contributed by atoms with Crippen LogP contribution in [-0.4, -0.2) is 19.5 Å². The van der Waals surface area contributed by atoms with Gasteiger partial charge in [0.1, 0.15) is 11.2 Å². The highest BCUT2D eigenvalue weighted by atomic mass is 32.1. The number of rotatable bonds is 7. The maximum atomic E-state index is 6.56. The van der Waals surface area contributed by atoms with Crippen molar-refractivity contribution in [3.8, 4) is 73.2 Å². The summed E-state index contributed by atoms with van der Waals surface area (Å²) in [5.74, 6) is 1.84. The first-order valence-corrected chi connectivity index (χ1v) is 24.0. The SMILES string of the molecule is c1ccc(-c2nc(-c3ccc4c(c3)sc3ccccc34)nc(-c3cccc4oc5ccc(-c6cccc(-c7cccc(-c8ccc9c(c8)c8ccccc8n9-c8ccccc8)c7)c6)cc5c34)n2)cc1. The van der Waals surface area contributed by atoms with Gasteiger partial charge in [-0.05, 0) is 106 Å². The molecule has 14 aromatic rings. The van der Waals surface area contributed by atoms with E-state index in [2.05, 4.69) is 193 Å². The monoisotopic (exact) mass is 898 g/mol. The summed E-state index contributed by atoms with van der Waals surface area (Å²) < 4.78 is 11.4. The molecule has 0 bridgehead atoms. The minimum Gasteiger partial charge on any atom is -0.456 e. The quantitative estimate of drug-likeness (QED) is 0.160. The molecule has 0 saturated heterocycles. The van der Waals surface area contributed by atoms with Gasteiger partial charge in [0.2, 0.25) is 0 Å². The fourth-order valence-corrected chi connectivity index (χ4v) is 11.3. The van der Waals surface area contributed by atoms with Gasteiger partial charge >= 0.3 is 0 Å². The van der Waals surface area contributed by atoms with E-state index in [-0.39, 0.29) is 0 Å². The second-order valence-electron chi connectivity index (χ2n) is 17.6. The molecule has 10 aromatic carbocycles. The minimum absolute atomic E-state index is 0.594. The number of para-hydroxylation sites is 2. The van der Waals surface area contributed by atoms with Gasteiger partial charge in [-0.1, -0.05) is 158 Å². The Bertz CT molecular complexity index is 4320. The Labute approximate surface area is 400 Å². The second kappa shape index (κ2) is 15.8. The lowest BCUT2D eigenvalue weighted by atomic mass is 9.95. The molecule has 0 unspecified atom stereocenters. The Morgan fingerprint density at radius 3 is 1.64 bits per heavy atom. The summed E-state index contributed by atoms with van der Waals surface area (Å²) in [6.45, 7) is 0. The van der Waals surface area contributed by atoms with Crippen LogP contribution in [0.5, 0.6) is 0 Å².